The van der Waals surface area contributed by atoms with Crippen LogP contribution in [0.15, 0.2) is 36.8 Å². The van der Waals surface area contributed by atoms with Crippen LogP contribution >= 0.6 is 0 Å². The number of para-hydroxylation sites is 1. The van der Waals surface area contributed by atoms with E-state index in [-0.39, 0.29) is 0 Å². The first-order valence-corrected chi connectivity index (χ1v) is 4.26. The highest BCUT2D eigenvalue weighted by Gasteiger charge is 2.05. The Balaban J connectivity index is 2.61. The van der Waals surface area contributed by atoms with Gasteiger partial charge in [-0.05, 0) is 6.07 Å². The Hall–Kier alpha value is -2.10. The number of hydrogen-bond donors (Lipinski definition) is 1. The van der Waals surface area contributed by atoms with Crippen LogP contribution in [0.25, 0.3) is 21.9 Å². The van der Waals surface area contributed by atoms with Crippen LogP contribution in [0, 0.1) is 0 Å². The molecule has 0 unspecified atom stereocenters. The van der Waals surface area contributed by atoms with Crippen LogP contribution in [0.4, 0.5) is 0 Å². The number of fused-ring (bicyclic) bond motifs is 3. The molecular weight excluding hydrogens is 178 g/mol. The number of pyridine rings is 1. The van der Waals surface area contributed by atoms with Gasteiger partial charge in [-0.3, -0.25) is 4.98 Å². The molecular formula is C10H7N3O. The summed E-state index contributed by atoms with van der Waals surface area (Å²) in [6.07, 6.45) is 2.99. The van der Waals surface area contributed by atoms with E-state index in [0.717, 1.165) is 21.2 Å². The third-order valence-corrected chi connectivity index (χ3v) is 2.27. The molecule has 0 aliphatic heterocycles. The van der Waals surface area contributed by atoms with Crippen molar-refractivity contribution in [1.82, 2.24) is 14.7 Å². The van der Waals surface area contributed by atoms with Crippen molar-refractivity contribution in [1.29, 1.82) is 0 Å². The Morgan fingerprint density at radius 1 is 1.14 bits per heavy atom. The normalized spacial score (nSPS) is 11.1. The summed E-state index contributed by atoms with van der Waals surface area (Å²) in [5.74, 6) is 0. The Labute approximate surface area is 79.4 Å². The first-order valence-electron chi connectivity index (χ1n) is 4.26. The molecule has 0 radical (unpaired) electrons. The van der Waals surface area contributed by atoms with Gasteiger partial charge in [-0.15, -0.1) is 0 Å². The number of hydrogen-bond acceptors (Lipinski definition) is 3. The maximum atomic E-state index is 9.38. The van der Waals surface area contributed by atoms with Crippen molar-refractivity contribution in [3.63, 3.8) is 0 Å². The third-order valence-electron chi connectivity index (χ3n) is 2.27. The molecule has 0 amide bonds. The van der Waals surface area contributed by atoms with Gasteiger partial charge in [-0.2, -0.15) is 4.73 Å². The molecule has 0 aliphatic rings. The summed E-state index contributed by atoms with van der Waals surface area (Å²) in [7, 11) is 0. The third kappa shape index (κ3) is 0.821. The van der Waals surface area contributed by atoms with E-state index in [4.69, 9.17) is 0 Å². The number of rotatable bonds is 0. The SMILES string of the molecule is On1cnc2c3ccccc3ncc21. The maximum Gasteiger partial charge on any atom is 0.133 e. The molecule has 14 heavy (non-hydrogen) atoms. The predicted molar refractivity (Wildman–Crippen MR) is 52.2 cm³/mol. The molecule has 0 bridgehead atoms. The molecule has 0 fully saturated rings. The summed E-state index contributed by atoms with van der Waals surface area (Å²) < 4.78 is 0.981. The monoisotopic (exact) mass is 185 g/mol. The van der Waals surface area contributed by atoms with Crippen LogP contribution in [0.3, 0.4) is 0 Å². The summed E-state index contributed by atoms with van der Waals surface area (Å²) in [4.78, 5) is 8.34. The highest BCUT2D eigenvalue weighted by atomic mass is 16.5. The zero-order valence-corrected chi connectivity index (χ0v) is 7.25. The lowest BCUT2D eigenvalue weighted by atomic mass is 10.2. The molecule has 1 aromatic carbocycles. The van der Waals surface area contributed by atoms with Gasteiger partial charge in [0.25, 0.3) is 0 Å². The molecule has 0 spiro atoms. The first kappa shape index (κ1) is 7.32. The van der Waals surface area contributed by atoms with Crippen LogP contribution in [0.2, 0.25) is 0 Å². The second-order valence-electron chi connectivity index (χ2n) is 3.10. The van der Waals surface area contributed by atoms with E-state index in [1.54, 1.807) is 6.20 Å². The molecule has 4 nitrogen and oxygen atoms in total. The van der Waals surface area contributed by atoms with Gasteiger partial charge in [-0.25, -0.2) is 4.98 Å². The van der Waals surface area contributed by atoms with Crippen molar-refractivity contribution in [2.75, 3.05) is 0 Å². The minimum absolute atomic E-state index is 0.628. The average Bonchev–Trinajstić information content (AvgIpc) is 2.61. The van der Waals surface area contributed by atoms with Crippen molar-refractivity contribution in [2.24, 2.45) is 0 Å². The molecule has 4 heteroatoms. The fourth-order valence-electron chi connectivity index (χ4n) is 1.59. The van der Waals surface area contributed by atoms with Gasteiger partial charge in [0.2, 0.25) is 0 Å². The van der Waals surface area contributed by atoms with Crippen LogP contribution in [-0.2, 0) is 0 Å². The number of nitrogens with zero attached hydrogens (tertiary/aromatic N) is 3. The zero-order chi connectivity index (χ0) is 9.54. The van der Waals surface area contributed by atoms with E-state index < -0.39 is 0 Å². The van der Waals surface area contributed by atoms with E-state index in [1.807, 2.05) is 24.3 Å². The average molecular weight is 185 g/mol. The molecule has 0 saturated heterocycles. The smallest absolute Gasteiger partial charge is 0.133 e. The van der Waals surface area contributed by atoms with Crippen molar-refractivity contribution >= 4 is 21.9 Å². The van der Waals surface area contributed by atoms with Gasteiger partial charge in [0.1, 0.15) is 17.4 Å². The second kappa shape index (κ2) is 2.45. The molecule has 0 atom stereocenters. The van der Waals surface area contributed by atoms with E-state index in [0.29, 0.717) is 5.52 Å². The van der Waals surface area contributed by atoms with Crippen molar-refractivity contribution in [3.8, 4) is 0 Å². The first-order chi connectivity index (χ1) is 6.86. The Morgan fingerprint density at radius 2 is 2.00 bits per heavy atom. The number of aromatic nitrogens is 3. The topological polar surface area (TPSA) is 50.9 Å². The van der Waals surface area contributed by atoms with Gasteiger partial charge in [-0.1, -0.05) is 18.2 Å². The van der Waals surface area contributed by atoms with Crippen molar-refractivity contribution in [2.45, 2.75) is 0 Å². The molecule has 3 rings (SSSR count). The minimum atomic E-state index is 0.628. The molecule has 3 aromatic rings. The standard InChI is InChI=1S/C10H7N3O/c14-13-6-12-10-7-3-1-2-4-8(7)11-5-9(10)13/h1-6,14H. The fourth-order valence-corrected chi connectivity index (χ4v) is 1.59. The van der Waals surface area contributed by atoms with Crippen LogP contribution < -0.4 is 0 Å². The van der Waals surface area contributed by atoms with Crippen molar-refractivity contribution < 1.29 is 5.21 Å². The molecule has 0 aliphatic carbocycles. The molecule has 68 valence electrons. The predicted octanol–water partition coefficient (Wildman–Crippen LogP) is 1.82. The van der Waals surface area contributed by atoms with Crippen LogP contribution in [-0.4, -0.2) is 19.9 Å². The number of imidazole rings is 1. The molecule has 2 heterocycles. The van der Waals surface area contributed by atoms with Crippen LogP contribution in [0.1, 0.15) is 0 Å². The molecule has 0 saturated carbocycles. The lowest BCUT2D eigenvalue weighted by Crippen LogP contribution is -1.87. The molecule has 1 N–H and O–H groups in total. The Morgan fingerprint density at radius 3 is 2.93 bits per heavy atom. The Bertz CT molecular complexity index is 615. The quantitative estimate of drug-likeness (QED) is 0.543. The summed E-state index contributed by atoms with van der Waals surface area (Å²) in [5, 5.41) is 10.3. The minimum Gasteiger partial charge on any atom is -0.427 e. The maximum absolute atomic E-state index is 9.38. The van der Waals surface area contributed by atoms with E-state index in [9.17, 15) is 5.21 Å². The summed E-state index contributed by atoms with van der Waals surface area (Å²) in [6.45, 7) is 0. The van der Waals surface area contributed by atoms with Crippen LogP contribution in [0.5, 0.6) is 0 Å². The van der Waals surface area contributed by atoms with E-state index in [1.165, 1.54) is 6.33 Å². The van der Waals surface area contributed by atoms with Gasteiger partial charge < -0.3 is 5.21 Å². The summed E-state index contributed by atoms with van der Waals surface area (Å²) in [5.41, 5.74) is 2.29. The zero-order valence-electron chi connectivity index (χ0n) is 7.25. The largest absolute Gasteiger partial charge is 0.427 e. The Kier molecular flexibility index (Phi) is 1.28. The summed E-state index contributed by atoms with van der Waals surface area (Å²) in [6, 6.07) is 7.72. The highest BCUT2D eigenvalue weighted by molar-refractivity contribution is 6.01. The van der Waals surface area contributed by atoms with E-state index in [2.05, 4.69) is 9.97 Å². The molecule has 2 aromatic heterocycles. The van der Waals surface area contributed by atoms with E-state index >= 15 is 0 Å². The second-order valence-corrected chi connectivity index (χ2v) is 3.10. The lowest BCUT2D eigenvalue weighted by molar-refractivity contribution is 0.198. The van der Waals surface area contributed by atoms with Gasteiger partial charge in [0, 0.05) is 5.39 Å². The van der Waals surface area contributed by atoms with Crippen molar-refractivity contribution in [3.05, 3.63) is 36.8 Å². The number of benzene rings is 1. The highest BCUT2D eigenvalue weighted by Crippen LogP contribution is 2.20. The van der Waals surface area contributed by atoms with Gasteiger partial charge in [0.05, 0.1) is 11.7 Å². The van der Waals surface area contributed by atoms with Gasteiger partial charge >= 0.3 is 0 Å². The lowest BCUT2D eigenvalue weighted by Gasteiger charge is -1.97. The summed E-state index contributed by atoms with van der Waals surface area (Å²) >= 11 is 0. The fraction of sp³-hybridized carbons (Fsp3) is 0. The van der Waals surface area contributed by atoms with Gasteiger partial charge in [0.15, 0.2) is 0 Å².